The molecule has 1 aliphatic heterocycles. The Morgan fingerprint density at radius 1 is 1.04 bits per heavy atom. The van der Waals surface area contributed by atoms with Crippen molar-refractivity contribution >= 4 is 34.1 Å². The largest absolute Gasteiger partial charge is 0.367 e. The molecule has 5 aromatic rings. The van der Waals surface area contributed by atoms with Crippen LogP contribution in [0.5, 0.6) is 0 Å². The molecule has 0 spiro atoms. The van der Waals surface area contributed by atoms with E-state index in [0.29, 0.717) is 54.7 Å². The number of amides is 1. The SMILES string of the molecule is CC(=O)NCCCCC(c1ccccc1)c1nc(-c2cn(Cc3ccc(Cl)cc3)c3cc(N4CCN(C)CC4)c(F)cc3c2=O)no1. The van der Waals surface area contributed by atoms with Gasteiger partial charge in [0.15, 0.2) is 0 Å². The van der Waals surface area contributed by atoms with Gasteiger partial charge in [-0.2, -0.15) is 4.98 Å². The summed E-state index contributed by atoms with van der Waals surface area (Å²) < 4.78 is 23.5. The zero-order valence-corrected chi connectivity index (χ0v) is 27.3. The molecule has 11 heteroatoms. The lowest BCUT2D eigenvalue weighted by Crippen LogP contribution is -2.44. The van der Waals surface area contributed by atoms with Crippen molar-refractivity contribution < 1.29 is 13.7 Å². The predicted molar refractivity (Wildman–Crippen MR) is 183 cm³/mol. The van der Waals surface area contributed by atoms with Crippen LogP contribution in [0.3, 0.4) is 0 Å². The summed E-state index contributed by atoms with van der Waals surface area (Å²) in [5, 5.41) is 7.97. The molecule has 0 saturated carbocycles. The van der Waals surface area contributed by atoms with E-state index in [1.54, 1.807) is 12.3 Å². The fraction of sp³-hybridized carbons (Fsp3) is 0.333. The van der Waals surface area contributed by atoms with Crippen LogP contribution in [0.4, 0.5) is 10.1 Å². The minimum atomic E-state index is -0.438. The van der Waals surface area contributed by atoms with Crippen molar-refractivity contribution in [2.75, 3.05) is 44.7 Å². The molecule has 1 fully saturated rings. The van der Waals surface area contributed by atoms with Gasteiger partial charge in [0.05, 0.1) is 22.7 Å². The number of hydrogen-bond donors (Lipinski definition) is 1. The topological polar surface area (TPSA) is 96.5 Å². The van der Waals surface area contributed by atoms with E-state index in [1.807, 2.05) is 64.1 Å². The zero-order chi connectivity index (χ0) is 32.9. The molecule has 3 aromatic carbocycles. The third-order valence-electron chi connectivity index (χ3n) is 8.74. The second-order valence-corrected chi connectivity index (χ2v) is 12.6. The van der Waals surface area contributed by atoms with Crippen LogP contribution in [0.1, 0.15) is 49.1 Å². The maximum Gasteiger partial charge on any atom is 0.234 e. The van der Waals surface area contributed by atoms with Crippen LogP contribution in [-0.2, 0) is 11.3 Å². The number of nitrogens with zero attached hydrogens (tertiary/aromatic N) is 5. The number of likely N-dealkylation sites (N-methyl/N-ethyl adjacent to an activating group) is 1. The van der Waals surface area contributed by atoms with Crippen molar-refractivity contribution in [3.63, 3.8) is 0 Å². The Balaban J connectivity index is 1.39. The second-order valence-electron chi connectivity index (χ2n) is 12.1. The van der Waals surface area contributed by atoms with Crippen LogP contribution < -0.4 is 15.6 Å². The summed E-state index contributed by atoms with van der Waals surface area (Å²) in [7, 11) is 2.05. The molecule has 1 amide bonds. The van der Waals surface area contributed by atoms with Crippen molar-refractivity contribution in [1.82, 2.24) is 24.9 Å². The molecular weight excluding hydrogens is 619 g/mol. The fourth-order valence-electron chi connectivity index (χ4n) is 6.11. The Morgan fingerprint density at radius 2 is 1.79 bits per heavy atom. The summed E-state index contributed by atoms with van der Waals surface area (Å²) in [4.78, 5) is 34.3. The normalized spacial score (nSPS) is 14.4. The van der Waals surface area contributed by atoms with Gasteiger partial charge in [0, 0.05) is 62.8 Å². The van der Waals surface area contributed by atoms with Crippen LogP contribution in [-0.4, -0.2) is 65.3 Å². The monoisotopic (exact) mass is 656 g/mol. The zero-order valence-electron chi connectivity index (χ0n) is 26.6. The van der Waals surface area contributed by atoms with Gasteiger partial charge >= 0.3 is 0 Å². The van der Waals surface area contributed by atoms with Crippen molar-refractivity contribution in [3.05, 3.63) is 111 Å². The van der Waals surface area contributed by atoms with Crippen molar-refractivity contribution in [2.24, 2.45) is 0 Å². The van der Waals surface area contributed by atoms with E-state index in [1.165, 1.54) is 13.0 Å². The molecule has 2 aromatic heterocycles. The highest BCUT2D eigenvalue weighted by molar-refractivity contribution is 6.30. The molecule has 1 aliphatic rings. The Labute approximate surface area is 277 Å². The van der Waals surface area contributed by atoms with Gasteiger partial charge < -0.3 is 24.2 Å². The highest BCUT2D eigenvalue weighted by atomic mass is 35.5. The number of rotatable bonds is 11. The Morgan fingerprint density at radius 3 is 2.51 bits per heavy atom. The summed E-state index contributed by atoms with van der Waals surface area (Å²) in [5.41, 5.74) is 2.94. The number of benzene rings is 3. The van der Waals surface area contributed by atoms with Crippen LogP contribution in [0.2, 0.25) is 5.02 Å². The van der Waals surface area contributed by atoms with E-state index in [4.69, 9.17) is 21.1 Å². The minimum absolute atomic E-state index is 0.0568. The minimum Gasteiger partial charge on any atom is -0.367 e. The highest BCUT2D eigenvalue weighted by Gasteiger charge is 2.25. The number of aromatic nitrogens is 3. The Kier molecular flexibility index (Phi) is 9.98. The number of nitrogens with one attached hydrogen (secondary N) is 1. The van der Waals surface area contributed by atoms with Crippen molar-refractivity contribution in [3.8, 4) is 11.4 Å². The number of carbonyl (C=O) groups is 1. The number of anilines is 1. The lowest BCUT2D eigenvalue weighted by Gasteiger charge is -2.34. The number of carbonyl (C=O) groups excluding carboxylic acids is 1. The van der Waals surface area contributed by atoms with E-state index in [9.17, 15) is 9.59 Å². The predicted octanol–water partition coefficient (Wildman–Crippen LogP) is 6.08. The fourth-order valence-corrected chi connectivity index (χ4v) is 6.23. The van der Waals surface area contributed by atoms with Gasteiger partial charge in [0.25, 0.3) is 0 Å². The average molecular weight is 657 g/mol. The molecule has 3 heterocycles. The van der Waals surface area contributed by atoms with Gasteiger partial charge in [0.1, 0.15) is 5.82 Å². The first-order valence-electron chi connectivity index (χ1n) is 15.9. The van der Waals surface area contributed by atoms with Crippen LogP contribution in [0, 0.1) is 5.82 Å². The molecule has 1 atom stereocenters. The number of unbranched alkanes of at least 4 members (excludes halogenated alkanes) is 1. The van der Waals surface area contributed by atoms with Gasteiger partial charge in [-0.1, -0.05) is 65.6 Å². The summed E-state index contributed by atoms with van der Waals surface area (Å²) >= 11 is 6.16. The van der Waals surface area contributed by atoms with Crippen molar-refractivity contribution in [2.45, 2.75) is 38.6 Å². The molecule has 47 heavy (non-hydrogen) atoms. The first-order valence-corrected chi connectivity index (χ1v) is 16.3. The van der Waals surface area contributed by atoms with E-state index >= 15 is 4.39 Å². The average Bonchev–Trinajstić information content (AvgIpc) is 3.55. The van der Waals surface area contributed by atoms with Gasteiger partial charge in [-0.25, -0.2) is 4.39 Å². The van der Waals surface area contributed by atoms with E-state index in [0.717, 1.165) is 37.1 Å². The number of hydrogen-bond acceptors (Lipinski definition) is 7. The molecular formula is C36H38ClFN6O3. The molecule has 1 saturated heterocycles. The second kappa shape index (κ2) is 14.5. The number of halogens is 2. The standard InChI is InChI=1S/C36H38ClFN6O3/c1-24(45)39-15-7-6-10-28(26-8-4-3-5-9-26)36-40-35(41-47-36)30-23-44(22-25-11-13-27(37)14-12-25)32-21-33(31(38)20-29(32)34(30)46)43-18-16-42(2)17-19-43/h3-5,8-9,11-14,20-21,23,28H,6-7,10,15-19,22H2,1-2H3,(H,39,45). The van der Waals surface area contributed by atoms with Crippen LogP contribution >= 0.6 is 11.6 Å². The van der Waals surface area contributed by atoms with Gasteiger partial charge in [-0.3, -0.25) is 9.59 Å². The summed E-state index contributed by atoms with van der Waals surface area (Å²) in [6.45, 7) is 5.55. The highest BCUT2D eigenvalue weighted by Crippen LogP contribution is 2.31. The van der Waals surface area contributed by atoms with E-state index < -0.39 is 5.82 Å². The van der Waals surface area contributed by atoms with E-state index in [-0.39, 0.29) is 34.0 Å². The lowest BCUT2D eigenvalue weighted by molar-refractivity contribution is -0.118. The first kappa shape index (κ1) is 32.4. The Hall–Kier alpha value is -4.54. The molecule has 6 rings (SSSR count). The maximum atomic E-state index is 15.7. The molecule has 1 N–H and O–H groups in total. The quantitative estimate of drug-likeness (QED) is 0.172. The number of pyridine rings is 1. The van der Waals surface area contributed by atoms with Crippen LogP contribution in [0.25, 0.3) is 22.3 Å². The smallest absolute Gasteiger partial charge is 0.234 e. The van der Waals surface area contributed by atoms with Crippen LogP contribution in [0.15, 0.2) is 82.2 Å². The first-order chi connectivity index (χ1) is 22.8. The van der Waals surface area contributed by atoms with Gasteiger partial charge in [-0.15, -0.1) is 0 Å². The van der Waals surface area contributed by atoms with Crippen molar-refractivity contribution in [1.29, 1.82) is 0 Å². The molecule has 0 bridgehead atoms. The van der Waals surface area contributed by atoms with E-state index in [2.05, 4.69) is 22.4 Å². The lowest BCUT2D eigenvalue weighted by atomic mass is 9.93. The number of fused-ring (bicyclic) bond motifs is 1. The molecule has 1 unspecified atom stereocenters. The molecule has 9 nitrogen and oxygen atoms in total. The number of piperazine rings is 1. The summed E-state index contributed by atoms with van der Waals surface area (Å²) in [6.07, 6.45) is 4.07. The molecule has 244 valence electrons. The third kappa shape index (κ3) is 7.55. The molecule has 0 radical (unpaired) electrons. The maximum absolute atomic E-state index is 15.7. The third-order valence-corrected chi connectivity index (χ3v) is 8.99. The summed E-state index contributed by atoms with van der Waals surface area (Å²) in [5.74, 6) is -0.147. The van der Waals surface area contributed by atoms with Gasteiger partial charge in [0.2, 0.25) is 23.1 Å². The molecule has 0 aliphatic carbocycles. The Bertz CT molecular complexity index is 1900. The summed E-state index contributed by atoms with van der Waals surface area (Å²) in [6, 6.07) is 20.5. The van der Waals surface area contributed by atoms with Gasteiger partial charge in [-0.05, 0) is 55.3 Å².